The summed E-state index contributed by atoms with van der Waals surface area (Å²) in [5, 5.41) is 11.8. The number of tetrazole rings is 1. The molecule has 0 spiro atoms. The summed E-state index contributed by atoms with van der Waals surface area (Å²) in [5.41, 5.74) is 6.12. The number of esters is 2. The lowest BCUT2D eigenvalue weighted by molar-refractivity contribution is -0.158. The van der Waals surface area contributed by atoms with Gasteiger partial charge in [-0.3, -0.25) is 9.59 Å². The number of nitrogens with two attached hydrogens (primary N) is 1. The second-order valence-electron chi connectivity index (χ2n) is 9.61. The Balaban J connectivity index is 1.83. The molecule has 2 unspecified atom stereocenters. The van der Waals surface area contributed by atoms with Gasteiger partial charge in [-0.2, -0.15) is 0 Å². The van der Waals surface area contributed by atoms with Gasteiger partial charge in [-0.1, -0.05) is 49.6 Å². The van der Waals surface area contributed by atoms with Crippen molar-refractivity contribution in [1.82, 2.24) is 20.2 Å². The summed E-state index contributed by atoms with van der Waals surface area (Å²) in [6.45, 7) is 5.14. The van der Waals surface area contributed by atoms with Gasteiger partial charge in [0.2, 0.25) is 6.04 Å². The molecule has 1 saturated carbocycles. The summed E-state index contributed by atoms with van der Waals surface area (Å²) in [7, 11) is 0. The van der Waals surface area contributed by atoms with Crippen LogP contribution in [0.3, 0.4) is 0 Å². The fraction of sp³-hybridized carbons (Fsp3) is 0.583. The number of aromatic nitrogens is 4. The van der Waals surface area contributed by atoms with Crippen LogP contribution in [0.2, 0.25) is 0 Å². The Morgan fingerprint density at radius 3 is 2.44 bits per heavy atom. The number of ether oxygens (including phenoxy) is 2. The van der Waals surface area contributed by atoms with E-state index in [9.17, 15) is 14.4 Å². The largest absolute Gasteiger partial charge is 0.460 e. The van der Waals surface area contributed by atoms with Gasteiger partial charge < -0.3 is 15.2 Å². The number of ketones is 1. The summed E-state index contributed by atoms with van der Waals surface area (Å²) in [4.78, 5) is 38.8. The summed E-state index contributed by atoms with van der Waals surface area (Å²) < 4.78 is 12.0. The first-order chi connectivity index (χ1) is 16.2. The third-order valence-electron chi connectivity index (χ3n) is 5.62. The fourth-order valence-corrected chi connectivity index (χ4v) is 4.02. The van der Waals surface area contributed by atoms with Gasteiger partial charge in [0.15, 0.2) is 11.6 Å². The van der Waals surface area contributed by atoms with E-state index in [1.807, 2.05) is 30.3 Å². The number of hydrogen-bond donors (Lipinski definition) is 1. The van der Waals surface area contributed by atoms with E-state index >= 15 is 0 Å². The molecule has 1 aliphatic rings. The molecule has 10 nitrogen and oxygen atoms in total. The van der Waals surface area contributed by atoms with Crippen LogP contribution in [-0.2, 0) is 30.5 Å². The zero-order valence-corrected chi connectivity index (χ0v) is 20.0. The van der Waals surface area contributed by atoms with Crippen molar-refractivity contribution in [3.8, 4) is 0 Å². The molecule has 0 saturated heterocycles. The molecule has 3 rings (SSSR count). The van der Waals surface area contributed by atoms with Crippen LogP contribution >= 0.6 is 0 Å². The number of hydrogen-bond acceptors (Lipinski definition) is 9. The maximum Gasteiger partial charge on any atom is 0.339 e. The van der Waals surface area contributed by atoms with Gasteiger partial charge in [-0.15, -0.1) is 5.10 Å². The molecule has 184 valence electrons. The van der Waals surface area contributed by atoms with E-state index in [1.54, 1.807) is 20.8 Å². The van der Waals surface area contributed by atoms with Gasteiger partial charge in [0.05, 0.1) is 12.5 Å². The highest BCUT2D eigenvalue weighted by Crippen LogP contribution is 2.32. The molecular weight excluding hydrogens is 438 g/mol. The third-order valence-corrected chi connectivity index (χ3v) is 5.62. The minimum Gasteiger partial charge on any atom is -0.460 e. The predicted octanol–water partition coefficient (Wildman–Crippen LogP) is 2.63. The number of carbonyl (C=O) groups is 3. The van der Waals surface area contributed by atoms with Crippen LogP contribution in [0.5, 0.6) is 0 Å². The molecule has 0 amide bonds. The Morgan fingerprint density at radius 1 is 1.12 bits per heavy atom. The molecule has 1 aliphatic carbocycles. The molecule has 10 heteroatoms. The van der Waals surface area contributed by atoms with Crippen molar-refractivity contribution >= 4 is 17.7 Å². The lowest BCUT2D eigenvalue weighted by Gasteiger charge is -2.25. The fourth-order valence-electron chi connectivity index (χ4n) is 4.02. The second kappa shape index (κ2) is 11.3. The van der Waals surface area contributed by atoms with E-state index in [-0.39, 0.29) is 18.9 Å². The molecule has 34 heavy (non-hydrogen) atoms. The Morgan fingerprint density at radius 2 is 1.79 bits per heavy atom. The first kappa shape index (κ1) is 25.5. The van der Waals surface area contributed by atoms with Crippen LogP contribution in [0, 0.1) is 0 Å². The zero-order valence-electron chi connectivity index (χ0n) is 20.0. The molecule has 1 aromatic heterocycles. The lowest BCUT2D eigenvalue weighted by Crippen LogP contribution is -2.44. The molecule has 1 aromatic carbocycles. The quantitative estimate of drug-likeness (QED) is 0.432. The van der Waals surface area contributed by atoms with Gasteiger partial charge in [0, 0.05) is 5.92 Å². The summed E-state index contributed by atoms with van der Waals surface area (Å²) in [6, 6.07) is 6.34. The van der Waals surface area contributed by atoms with E-state index in [0.717, 1.165) is 37.7 Å². The SMILES string of the molecule is CC(C)(C)OC(=O)CC(N)C(=O)C(C(=O)OCc1ccccc1)n1nnnc1C1CCCCC1. The topological polar surface area (TPSA) is 139 Å². The Hall–Kier alpha value is -3.14. The van der Waals surface area contributed by atoms with Crippen LogP contribution < -0.4 is 5.73 Å². The molecule has 0 radical (unpaired) electrons. The molecular formula is C24H33N5O5. The number of Topliss-reactive ketones (excluding diaryl/α,β-unsaturated/α-hetero) is 1. The number of rotatable bonds is 9. The molecule has 0 aliphatic heterocycles. The van der Waals surface area contributed by atoms with E-state index < -0.39 is 35.4 Å². The Labute approximate surface area is 199 Å². The molecule has 1 heterocycles. The van der Waals surface area contributed by atoms with Crippen molar-refractivity contribution in [1.29, 1.82) is 0 Å². The summed E-state index contributed by atoms with van der Waals surface area (Å²) in [6.07, 6.45) is 4.52. The van der Waals surface area contributed by atoms with Crippen LogP contribution in [-0.4, -0.2) is 49.6 Å². The summed E-state index contributed by atoms with van der Waals surface area (Å²) >= 11 is 0. The highest BCUT2D eigenvalue weighted by atomic mass is 16.6. The first-order valence-corrected chi connectivity index (χ1v) is 11.6. The Bertz CT molecular complexity index is 979. The highest BCUT2D eigenvalue weighted by Gasteiger charge is 2.39. The monoisotopic (exact) mass is 471 g/mol. The van der Waals surface area contributed by atoms with Crippen LogP contribution in [0.15, 0.2) is 30.3 Å². The summed E-state index contributed by atoms with van der Waals surface area (Å²) in [5.74, 6) is -1.66. The number of carbonyl (C=O) groups excluding carboxylic acids is 3. The van der Waals surface area contributed by atoms with E-state index in [2.05, 4.69) is 15.5 Å². The standard InChI is InChI=1S/C24H33N5O5/c1-24(2,3)34-19(30)14-18(25)21(31)20(23(32)33-15-16-10-6-4-7-11-16)29-22(26-27-28-29)17-12-8-5-9-13-17/h4,6-7,10-11,17-18,20H,5,8-9,12-15,25H2,1-3H3. The smallest absolute Gasteiger partial charge is 0.339 e. The van der Waals surface area contributed by atoms with Gasteiger partial charge in [-0.25, -0.2) is 9.48 Å². The average molecular weight is 472 g/mol. The van der Waals surface area contributed by atoms with Crippen molar-refractivity contribution in [2.75, 3.05) is 0 Å². The number of benzene rings is 1. The minimum atomic E-state index is -1.49. The third kappa shape index (κ3) is 6.93. The van der Waals surface area contributed by atoms with Crippen LogP contribution in [0.1, 0.15) is 82.6 Å². The van der Waals surface area contributed by atoms with Crippen LogP contribution in [0.4, 0.5) is 0 Å². The van der Waals surface area contributed by atoms with Gasteiger partial charge >= 0.3 is 11.9 Å². The molecule has 2 aromatic rings. The maximum atomic E-state index is 13.4. The zero-order chi connectivity index (χ0) is 24.7. The van der Waals surface area contributed by atoms with Crippen molar-refractivity contribution in [2.45, 2.75) is 89.5 Å². The molecule has 0 bridgehead atoms. The first-order valence-electron chi connectivity index (χ1n) is 11.6. The predicted molar refractivity (Wildman–Crippen MR) is 122 cm³/mol. The normalized spacial score (nSPS) is 16.5. The number of nitrogens with zero attached hydrogens (tertiary/aromatic N) is 4. The average Bonchev–Trinajstić information content (AvgIpc) is 3.27. The second-order valence-corrected chi connectivity index (χ2v) is 9.61. The molecule has 2 N–H and O–H groups in total. The van der Waals surface area contributed by atoms with E-state index in [1.165, 1.54) is 4.68 Å². The lowest BCUT2D eigenvalue weighted by atomic mass is 9.88. The van der Waals surface area contributed by atoms with Crippen molar-refractivity contribution in [2.24, 2.45) is 5.73 Å². The van der Waals surface area contributed by atoms with Crippen molar-refractivity contribution in [3.05, 3.63) is 41.7 Å². The molecule has 2 atom stereocenters. The minimum absolute atomic E-state index is 0.0222. The van der Waals surface area contributed by atoms with E-state index in [4.69, 9.17) is 15.2 Å². The molecule has 1 fully saturated rings. The maximum absolute atomic E-state index is 13.4. The van der Waals surface area contributed by atoms with Gasteiger partial charge in [0.25, 0.3) is 0 Å². The van der Waals surface area contributed by atoms with Gasteiger partial charge in [0.1, 0.15) is 12.2 Å². The van der Waals surface area contributed by atoms with E-state index in [0.29, 0.717) is 5.82 Å². The van der Waals surface area contributed by atoms with Gasteiger partial charge in [-0.05, 0) is 49.6 Å². The van der Waals surface area contributed by atoms with Crippen LogP contribution in [0.25, 0.3) is 0 Å². The van der Waals surface area contributed by atoms with Crippen molar-refractivity contribution in [3.63, 3.8) is 0 Å². The van der Waals surface area contributed by atoms with Crippen molar-refractivity contribution < 1.29 is 23.9 Å². The highest BCUT2D eigenvalue weighted by molar-refractivity contribution is 6.04. The Kier molecular flexibility index (Phi) is 8.49.